The first-order valence-electron chi connectivity index (χ1n) is 14.4. The van der Waals surface area contributed by atoms with E-state index in [0.29, 0.717) is 17.0 Å². The van der Waals surface area contributed by atoms with Gasteiger partial charge in [0.15, 0.2) is 0 Å². The Morgan fingerprint density at radius 2 is 1.66 bits per heavy atom. The number of rotatable bonds is 4. The molecule has 7 rings (SSSR count). The molecule has 3 aromatic carbocycles. The van der Waals surface area contributed by atoms with Crippen LogP contribution in [-0.4, -0.2) is 35.8 Å². The summed E-state index contributed by atoms with van der Waals surface area (Å²) in [6.07, 6.45) is 2.32. The number of fused-ring (bicyclic) bond motifs is 4. The molecule has 3 fully saturated rings. The van der Waals surface area contributed by atoms with Crippen molar-refractivity contribution in [1.29, 1.82) is 0 Å². The summed E-state index contributed by atoms with van der Waals surface area (Å²) in [4.78, 5) is 58.7. The van der Waals surface area contributed by atoms with Gasteiger partial charge in [-0.1, -0.05) is 41.4 Å². The Bertz CT molecular complexity index is 1790. The van der Waals surface area contributed by atoms with Gasteiger partial charge >= 0.3 is 0 Å². The molecule has 1 saturated carbocycles. The lowest BCUT2D eigenvalue weighted by Gasteiger charge is -2.49. The van der Waals surface area contributed by atoms with Crippen molar-refractivity contribution < 1.29 is 33.4 Å². The molecule has 6 atom stereocenters. The van der Waals surface area contributed by atoms with Crippen LogP contribution in [0, 0.1) is 34.9 Å². The number of carbonyl (C=O) groups excluding carboxylic acids is 4. The number of nitrogens with zero attached hydrogens (tertiary/aromatic N) is 2. The number of ether oxygens (including phenoxy) is 1. The topological polar surface area (TPSA) is 104 Å². The number of phenolic OH excluding ortho intramolecular Hbond substituents is 1. The predicted octanol–water partition coefficient (Wildman–Crippen LogP) is 5.63. The minimum absolute atomic E-state index is 0.0947. The van der Waals surface area contributed by atoms with E-state index in [9.17, 15) is 28.7 Å². The Balaban J connectivity index is 1.39. The molecule has 1 N–H and O–H groups in total. The highest BCUT2D eigenvalue weighted by Gasteiger charge is 2.68. The fourth-order valence-corrected chi connectivity index (χ4v) is 8.13. The summed E-state index contributed by atoms with van der Waals surface area (Å²) in [6.45, 7) is 1.70. The number of aromatic hydroxyl groups is 1. The first kappa shape index (κ1) is 28.3. The molecule has 2 heterocycles. The molecule has 44 heavy (non-hydrogen) atoms. The average molecular weight is 615 g/mol. The number of hydrogen-bond acceptors (Lipinski definition) is 6. The van der Waals surface area contributed by atoms with Gasteiger partial charge in [0.05, 0.1) is 46.7 Å². The second-order valence-electron chi connectivity index (χ2n) is 12.0. The van der Waals surface area contributed by atoms with Crippen molar-refractivity contribution in [3.05, 3.63) is 94.8 Å². The summed E-state index contributed by atoms with van der Waals surface area (Å²) >= 11 is 6.05. The van der Waals surface area contributed by atoms with Crippen LogP contribution in [0.4, 0.5) is 15.8 Å². The van der Waals surface area contributed by atoms with Crippen molar-refractivity contribution in [1.82, 2.24) is 0 Å². The molecule has 2 aliphatic carbocycles. The molecule has 2 aliphatic heterocycles. The van der Waals surface area contributed by atoms with Gasteiger partial charge in [0.1, 0.15) is 17.3 Å². The van der Waals surface area contributed by atoms with E-state index in [0.717, 1.165) is 16.5 Å². The zero-order valence-electron chi connectivity index (χ0n) is 23.9. The van der Waals surface area contributed by atoms with E-state index in [2.05, 4.69) is 0 Å². The third kappa shape index (κ3) is 3.81. The summed E-state index contributed by atoms with van der Waals surface area (Å²) in [5, 5.41) is 11.0. The van der Waals surface area contributed by atoms with Crippen LogP contribution in [0.3, 0.4) is 0 Å². The molecule has 4 amide bonds. The van der Waals surface area contributed by atoms with Gasteiger partial charge in [-0.25, -0.2) is 9.29 Å². The third-order valence-electron chi connectivity index (χ3n) is 10.00. The first-order chi connectivity index (χ1) is 21.1. The van der Waals surface area contributed by atoms with Gasteiger partial charge in [-0.05, 0) is 74.2 Å². The van der Waals surface area contributed by atoms with Crippen LogP contribution in [0.15, 0.2) is 78.4 Å². The number of carbonyl (C=O) groups is 4. The number of anilines is 2. The van der Waals surface area contributed by atoms with Crippen LogP contribution in [-0.2, 0) is 19.2 Å². The van der Waals surface area contributed by atoms with Crippen molar-refractivity contribution >= 4 is 46.6 Å². The Morgan fingerprint density at radius 1 is 0.909 bits per heavy atom. The summed E-state index contributed by atoms with van der Waals surface area (Å²) in [6, 6.07) is 17.1. The largest absolute Gasteiger partial charge is 0.508 e. The number of methoxy groups -OCH3 is 1. The lowest BCUT2D eigenvalue weighted by Crippen LogP contribution is -2.48. The second-order valence-corrected chi connectivity index (χ2v) is 12.4. The predicted molar refractivity (Wildman–Crippen MR) is 160 cm³/mol. The molecule has 224 valence electrons. The molecule has 3 aromatic rings. The van der Waals surface area contributed by atoms with Gasteiger partial charge in [0.25, 0.3) is 0 Å². The molecule has 8 nitrogen and oxygen atoms in total. The van der Waals surface area contributed by atoms with Crippen LogP contribution < -0.4 is 14.5 Å². The smallest absolute Gasteiger partial charge is 0.241 e. The Labute approximate surface area is 257 Å². The SMILES string of the molecule is COc1ccc(O)c(C2C3=CCC4C(=O)N(c5ccccc5)C(=O)C4C3CC3C(=O)N(c4ccc(F)c(Cl)c4)C(=O)C32C)c1. The minimum atomic E-state index is -1.39. The van der Waals surface area contributed by atoms with E-state index in [1.165, 1.54) is 30.2 Å². The summed E-state index contributed by atoms with van der Waals surface area (Å²) < 4.78 is 19.5. The summed E-state index contributed by atoms with van der Waals surface area (Å²) in [5.41, 5.74) is 0.329. The number of hydrogen-bond donors (Lipinski definition) is 1. The molecule has 0 aromatic heterocycles. The van der Waals surface area contributed by atoms with Crippen LogP contribution in [0.2, 0.25) is 5.02 Å². The molecule has 2 saturated heterocycles. The quantitative estimate of drug-likeness (QED) is 0.302. The highest BCUT2D eigenvalue weighted by atomic mass is 35.5. The van der Waals surface area contributed by atoms with Gasteiger partial charge in [-0.2, -0.15) is 0 Å². The molecule has 6 unspecified atom stereocenters. The maximum Gasteiger partial charge on any atom is 0.241 e. The number of benzene rings is 3. The van der Waals surface area contributed by atoms with Gasteiger partial charge in [-0.3, -0.25) is 24.1 Å². The highest BCUT2D eigenvalue weighted by molar-refractivity contribution is 6.32. The zero-order valence-corrected chi connectivity index (χ0v) is 24.6. The fraction of sp³-hybridized carbons (Fsp3) is 0.294. The van der Waals surface area contributed by atoms with Crippen molar-refractivity contribution in [2.45, 2.75) is 25.7 Å². The summed E-state index contributed by atoms with van der Waals surface area (Å²) in [7, 11) is 1.49. The molecular weight excluding hydrogens is 587 g/mol. The van der Waals surface area contributed by atoms with Crippen LogP contribution in [0.1, 0.15) is 31.2 Å². The van der Waals surface area contributed by atoms with Crippen molar-refractivity contribution in [3.63, 3.8) is 0 Å². The standard InChI is InChI=1S/C34H28ClFN2O6/c1-34-24(31(41)38(33(34)43)18-8-12-26(36)25(35)14-18)16-22-20(29(34)23-15-19(44-2)9-13-27(23)39)10-11-21-28(22)32(42)37(30(21)40)17-6-4-3-5-7-17/h3-10,12-15,21-22,24,28-29,39H,11,16H2,1-2H3. The van der Waals surface area contributed by atoms with Crippen LogP contribution in [0.25, 0.3) is 0 Å². The Hall–Kier alpha value is -4.50. The third-order valence-corrected chi connectivity index (χ3v) is 10.3. The Morgan fingerprint density at radius 3 is 2.36 bits per heavy atom. The molecule has 10 heteroatoms. The van der Waals surface area contributed by atoms with Crippen LogP contribution >= 0.6 is 11.6 Å². The lowest BCUT2D eigenvalue weighted by atomic mass is 9.51. The number of para-hydroxylation sites is 1. The second kappa shape index (κ2) is 10.0. The van der Waals surface area contributed by atoms with E-state index >= 15 is 0 Å². The van der Waals surface area contributed by atoms with Crippen molar-refractivity contribution in [3.8, 4) is 11.5 Å². The normalized spacial score (nSPS) is 29.4. The van der Waals surface area contributed by atoms with E-state index in [1.54, 1.807) is 49.4 Å². The molecule has 4 aliphatic rings. The van der Waals surface area contributed by atoms with Crippen molar-refractivity contribution in [2.75, 3.05) is 16.9 Å². The first-order valence-corrected chi connectivity index (χ1v) is 14.8. The maximum atomic E-state index is 14.5. The van der Waals surface area contributed by atoms with E-state index in [1.807, 2.05) is 6.08 Å². The molecular formula is C34H28ClFN2O6. The van der Waals surface area contributed by atoms with Gasteiger partial charge in [0, 0.05) is 11.5 Å². The lowest BCUT2D eigenvalue weighted by molar-refractivity contribution is -0.131. The van der Waals surface area contributed by atoms with Gasteiger partial charge < -0.3 is 9.84 Å². The van der Waals surface area contributed by atoms with Gasteiger partial charge in [0.2, 0.25) is 23.6 Å². The van der Waals surface area contributed by atoms with E-state index in [4.69, 9.17) is 16.3 Å². The number of amides is 4. The van der Waals surface area contributed by atoms with E-state index < -0.39 is 52.6 Å². The molecule has 0 spiro atoms. The van der Waals surface area contributed by atoms with Crippen LogP contribution in [0.5, 0.6) is 11.5 Å². The number of allylic oxidation sites excluding steroid dienone is 2. The monoisotopic (exact) mass is 614 g/mol. The number of phenols is 1. The average Bonchev–Trinajstić information content (AvgIpc) is 3.39. The zero-order chi connectivity index (χ0) is 31.1. The Kier molecular flexibility index (Phi) is 6.44. The highest BCUT2D eigenvalue weighted by Crippen LogP contribution is 2.64. The maximum absolute atomic E-state index is 14.5. The molecule has 0 bridgehead atoms. The van der Waals surface area contributed by atoms with Crippen molar-refractivity contribution in [2.24, 2.45) is 29.1 Å². The number of imide groups is 2. The molecule has 0 radical (unpaired) electrons. The number of halogens is 2. The summed E-state index contributed by atoms with van der Waals surface area (Å²) in [5.74, 6) is -5.69. The minimum Gasteiger partial charge on any atom is -0.508 e. The van der Waals surface area contributed by atoms with E-state index in [-0.39, 0.29) is 41.1 Å². The fourth-order valence-electron chi connectivity index (χ4n) is 7.95. The van der Waals surface area contributed by atoms with Gasteiger partial charge in [-0.15, -0.1) is 0 Å².